The van der Waals surface area contributed by atoms with Crippen molar-refractivity contribution in [1.29, 1.82) is 0 Å². The van der Waals surface area contributed by atoms with Crippen LogP contribution in [0, 0.1) is 0 Å². The molecule has 0 saturated carbocycles. The lowest BCUT2D eigenvalue weighted by atomic mass is 10.3. The molecule has 1 aromatic carbocycles. The van der Waals surface area contributed by atoms with Crippen LogP contribution in [0.5, 0.6) is 0 Å². The van der Waals surface area contributed by atoms with Crippen molar-refractivity contribution in [2.75, 3.05) is 4.72 Å². The lowest BCUT2D eigenvalue weighted by molar-refractivity contribution is 0.0697. The topological polar surface area (TPSA) is 101 Å². The molecule has 124 valence electrons. The number of benzene rings is 1. The van der Waals surface area contributed by atoms with Gasteiger partial charge in [-0.25, -0.2) is 17.9 Å². The van der Waals surface area contributed by atoms with Crippen LogP contribution in [0.3, 0.4) is 0 Å². The Morgan fingerprint density at radius 1 is 1.33 bits per heavy atom. The van der Waals surface area contributed by atoms with Crippen molar-refractivity contribution >= 4 is 44.6 Å². The molecule has 0 unspecified atom stereocenters. The Labute approximate surface area is 146 Å². The maximum atomic E-state index is 12.5. The Balaban J connectivity index is 2.00. The third kappa shape index (κ3) is 3.28. The largest absolute Gasteiger partial charge is 0.478 e. The second-order valence-electron chi connectivity index (χ2n) is 4.68. The molecule has 0 radical (unpaired) electrons. The molecule has 0 bridgehead atoms. The number of anilines is 1. The highest BCUT2D eigenvalue weighted by atomic mass is 35.5. The van der Waals surface area contributed by atoms with Gasteiger partial charge in [-0.3, -0.25) is 4.72 Å². The van der Waals surface area contributed by atoms with Gasteiger partial charge in [0.1, 0.15) is 4.21 Å². The zero-order valence-corrected chi connectivity index (χ0v) is 14.3. The predicted molar refractivity (Wildman–Crippen MR) is 90.7 cm³/mol. The second-order valence-corrected chi connectivity index (χ2v) is 7.93. The zero-order valence-electron chi connectivity index (χ0n) is 11.9. The van der Waals surface area contributed by atoms with E-state index in [1.54, 1.807) is 30.6 Å². The van der Waals surface area contributed by atoms with Crippen LogP contribution in [0.1, 0.15) is 10.4 Å². The van der Waals surface area contributed by atoms with Gasteiger partial charge in [0.2, 0.25) is 0 Å². The van der Waals surface area contributed by atoms with E-state index in [-0.39, 0.29) is 15.5 Å². The van der Waals surface area contributed by atoms with E-state index < -0.39 is 16.0 Å². The van der Waals surface area contributed by atoms with Gasteiger partial charge in [0.05, 0.1) is 16.9 Å². The first-order valence-electron chi connectivity index (χ1n) is 6.51. The van der Waals surface area contributed by atoms with Crippen molar-refractivity contribution in [3.05, 3.63) is 58.7 Å². The predicted octanol–water partition coefficient (Wildman–Crippen LogP) is 3.09. The number of aromatic carboxylic acids is 1. The number of nitrogens with zero attached hydrogens (tertiary/aromatic N) is 2. The van der Waals surface area contributed by atoms with Crippen molar-refractivity contribution in [2.45, 2.75) is 4.21 Å². The summed E-state index contributed by atoms with van der Waals surface area (Å²) in [5, 5.41) is 14.6. The van der Waals surface area contributed by atoms with Crippen LogP contribution in [-0.4, -0.2) is 29.3 Å². The summed E-state index contributed by atoms with van der Waals surface area (Å²) in [4.78, 5) is 10.9. The van der Waals surface area contributed by atoms with E-state index in [0.717, 1.165) is 17.4 Å². The van der Waals surface area contributed by atoms with Gasteiger partial charge in [0.15, 0.2) is 0 Å². The van der Waals surface area contributed by atoms with Crippen LogP contribution in [0.2, 0.25) is 5.02 Å². The number of hydrogen-bond acceptors (Lipinski definition) is 5. The summed E-state index contributed by atoms with van der Waals surface area (Å²) in [5.74, 6) is -1.19. The standard InChI is InChI=1S/C14H10ClN3O4S2/c15-10-2-3-12(18-5-1-4-16-18)11(7-10)17-24(21,22)13-6-9(8-23-13)14(19)20/h1-8,17H,(H,19,20). The van der Waals surface area contributed by atoms with Gasteiger partial charge in [-0.15, -0.1) is 11.3 Å². The Hall–Kier alpha value is -2.36. The van der Waals surface area contributed by atoms with E-state index in [1.807, 2.05) is 0 Å². The van der Waals surface area contributed by atoms with Gasteiger partial charge in [-0.1, -0.05) is 11.6 Å². The van der Waals surface area contributed by atoms with Gasteiger partial charge in [-0.05, 0) is 30.3 Å². The van der Waals surface area contributed by atoms with Crippen LogP contribution >= 0.6 is 22.9 Å². The third-order valence-electron chi connectivity index (χ3n) is 3.04. The number of carboxylic acids is 1. The molecule has 0 aliphatic heterocycles. The molecule has 0 fully saturated rings. The number of aromatic nitrogens is 2. The molecular formula is C14H10ClN3O4S2. The maximum absolute atomic E-state index is 12.5. The molecule has 0 spiro atoms. The van der Waals surface area contributed by atoms with Gasteiger partial charge >= 0.3 is 5.97 Å². The van der Waals surface area contributed by atoms with Crippen LogP contribution in [0.4, 0.5) is 5.69 Å². The Morgan fingerprint density at radius 3 is 2.75 bits per heavy atom. The highest BCUT2D eigenvalue weighted by Gasteiger charge is 2.21. The number of sulfonamides is 1. The highest BCUT2D eigenvalue weighted by molar-refractivity contribution is 7.94. The van der Waals surface area contributed by atoms with Crippen molar-refractivity contribution < 1.29 is 18.3 Å². The summed E-state index contributed by atoms with van der Waals surface area (Å²) in [6, 6.07) is 7.51. The van der Waals surface area contributed by atoms with Gasteiger partial charge in [0.25, 0.3) is 10.0 Å². The Bertz CT molecular complexity index is 997. The summed E-state index contributed by atoms with van der Waals surface area (Å²) in [6.45, 7) is 0. The number of carbonyl (C=O) groups is 1. The minimum absolute atomic E-state index is 0.0845. The molecule has 0 aliphatic carbocycles. The average molecular weight is 384 g/mol. The second kappa shape index (κ2) is 6.27. The van der Waals surface area contributed by atoms with Crippen LogP contribution < -0.4 is 4.72 Å². The fourth-order valence-corrected chi connectivity index (χ4v) is 4.36. The lowest BCUT2D eigenvalue weighted by Gasteiger charge is -2.12. The van der Waals surface area contributed by atoms with E-state index in [9.17, 15) is 13.2 Å². The molecule has 0 atom stereocenters. The Morgan fingerprint density at radius 2 is 2.12 bits per heavy atom. The van der Waals surface area contributed by atoms with Crippen LogP contribution in [-0.2, 0) is 10.0 Å². The number of nitrogens with one attached hydrogen (secondary N) is 1. The first-order chi connectivity index (χ1) is 11.4. The van der Waals surface area contributed by atoms with Crippen molar-refractivity contribution in [3.8, 4) is 5.69 Å². The maximum Gasteiger partial charge on any atom is 0.336 e. The molecule has 0 aliphatic rings. The van der Waals surface area contributed by atoms with Gasteiger partial charge < -0.3 is 5.11 Å². The first-order valence-corrected chi connectivity index (χ1v) is 9.25. The summed E-state index contributed by atoms with van der Waals surface area (Å²) in [6.07, 6.45) is 3.22. The van der Waals surface area contributed by atoms with E-state index in [0.29, 0.717) is 10.7 Å². The quantitative estimate of drug-likeness (QED) is 0.705. The van der Waals surface area contributed by atoms with E-state index in [1.165, 1.54) is 16.1 Å². The molecule has 24 heavy (non-hydrogen) atoms. The molecule has 3 rings (SSSR count). The molecule has 2 N–H and O–H groups in total. The average Bonchev–Trinajstić information content (AvgIpc) is 3.19. The fourth-order valence-electron chi connectivity index (χ4n) is 1.97. The number of thiophene rings is 1. The molecule has 7 nitrogen and oxygen atoms in total. The molecule has 10 heteroatoms. The van der Waals surface area contributed by atoms with Gasteiger partial charge in [0, 0.05) is 22.8 Å². The number of halogens is 1. The smallest absolute Gasteiger partial charge is 0.336 e. The monoisotopic (exact) mass is 383 g/mol. The zero-order chi connectivity index (χ0) is 17.3. The molecular weight excluding hydrogens is 374 g/mol. The summed E-state index contributed by atoms with van der Waals surface area (Å²) >= 11 is 6.78. The number of carboxylic acid groups (broad SMARTS) is 1. The van der Waals surface area contributed by atoms with Gasteiger partial charge in [-0.2, -0.15) is 5.10 Å². The van der Waals surface area contributed by atoms with E-state index in [2.05, 4.69) is 9.82 Å². The molecule has 0 saturated heterocycles. The molecule has 0 amide bonds. The third-order valence-corrected chi connectivity index (χ3v) is 6.08. The summed E-state index contributed by atoms with van der Waals surface area (Å²) in [5.41, 5.74) is 0.637. The minimum atomic E-state index is -3.95. The van der Waals surface area contributed by atoms with Crippen LogP contribution in [0.15, 0.2) is 52.3 Å². The van der Waals surface area contributed by atoms with Crippen LogP contribution in [0.25, 0.3) is 5.69 Å². The van der Waals surface area contributed by atoms with E-state index >= 15 is 0 Å². The summed E-state index contributed by atoms with van der Waals surface area (Å²) < 4.78 is 28.8. The molecule has 2 aromatic heterocycles. The minimum Gasteiger partial charge on any atom is -0.478 e. The normalized spacial score (nSPS) is 11.4. The Kier molecular flexibility index (Phi) is 4.31. The fraction of sp³-hybridized carbons (Fsp3) is 0. The highest BCUT2D eigenvalue weighted by Crippen LogP contribution is 2.28. The number of hydrogen-bond donors (Lipinski definition) is 2. The number of rotatable bonds is 5. The first kappa shape index (κ1) is 16.5. The van der Waals surface area contributed by atoms with Crippen molar-refractivity contribution in [1.82, 2.24) is 9.78 Å². The van der Waals surface area contributed by atoms with E-state index in [4.69, 9.17) is 16.7 Å². The molecule has 3 aromatic rings. The van der Waals surface area contributed by atoms with Crippen molar-refractivity contribution in [2.24, 2.45) is 0 Å². The summed E-state index contributed by atoms with van der Waals surface area (Å²) in [7, 11) is -3.95. The molecule has 2 heterocycles. The van der Waals surface area contributed by atoms with Crippen molar-refractivity contribution in [3.63, 3.8) is 0 Å². The SMILES string of the molecule is O=C(O)c1csc(S(=O)(=O)Nc2cc(Cl)ccc2-n2cccn2)c1. The lowest BCUT2D eigenvalue weighted by Crippen LogP contribution is -2.14.